The molecule has 3 heteroatoms. The summed E-state index contributed by atoms with van der Waals surface area (Å²) in [6.07, 6.45) is 1.03. The highest BCUT2D eigenvalue weighted by molar-refractivity contribution is 7.12. The molecule has 0 radical (unpaired) electrons. The van der Waals surface area contributed by atoms with E-state index < -0.39 is 0 Å². The Balaban J connectivity index is 2.92. The van der Waals surface area contributed by atoms with Crippen LogP contribution in [0.15, 0.2) is 6.07 Å². The largest absolute Gasteiger partial charge is 0.330 e. The first-order valence-corrected chi connectivity index (χ1v) is 6.21. The molecular weight excluding hydrogens is 214 g/mol. The van der Waals surface area contributed by atoms with Crippen LogP contribution in [0.1, 0.15) is 35.9 Å². The fourth-order valence-electron chi connectivity index (χ4n) is 1.70. The Morgan fingerprint density at radius 1 is 1.50 bits per heavy atom. The summed E-state index contributed by atoms with van der Waals surface area (Å²) in [7, 11) is 0. The molecule has 0 aliphatic rings. The molecule has 0 aromatic carbocycles. The van der Waals surface area contributed by atoms with E-state index in [-0.39, 0.29) is 0 Å². The predicted molar refractivity (Wildman–Crippen MR) is 65.3 cm³/mol. The van der Waals surface area contributed by atoms with E-state index in [0.29, 0.717) is 11.8 Å². The number of nitrogens with two attached hydrogens (primary N) is 1. The molecule has 0 saturated carbocycles. The van der Waals surface area contributed by atoms with Gasteiger partial charge in [-0.1, -0.05) is 25.4 Å². The van der Waals surface area contributed by atoms with Gasteiger partial charge in [0.2, 0.25) is 0 Å². The monoisotopic (exact) mass is 231 g/mol. The molecular formula is C11H18ClNS. The van der Waals surface area contributed by atoms with Crippen LogP contribution in [0.3, 0.4) is 0 Å². The molecule has 1 aromatic rings. The number of rotatable bonds is 4. The van der Waals surface area contributed by atoms with E-state index in [0.717, 1.165) is 18.0 Å². The van der Waals surface area contributed by atoms with Gasteiger partial charge in [0.15, 0.2) is 0 Å². The number of halogens is 1. The summed E-state index contributed by atoms with van der Waals surface area (Å²) in [5.74, 6) is 1.13. The maximum Gasteiger partial charge on any atom is 0.0550 e. The minimum Gasteiger partial charge on any atom is -0.330 e. The lowest BCUT2D eigenvalue weighted by Gasteiger charge is -2.19. The fraction of sp³-hybridized carbons (Fsp3) is 0.636. The van der Waals surface area contributed by atoms with Gasteiger partial charge in [0.1, 0.15) is 0 Å². The van der Waals surface area contributed by atoms with Gasteiger partial charge in [0.05, 0.1) is 5.02 Å². The predicted octanol–water partition coefficient (Wildman–Crippen LogP) is 3.80. The van der Waals surface area contributed by atoms with Crippen molar-refractivity contribution in [1.82, 2.24) is 0 Å². The first-order chi connectivity index (χ1) is 6.56. The lowest BCUT2D eigenvalue weighted by Crippen LogP contribution is -2.11. The van der Waals surface area contributed by atoms with E-state index in [1.165, 1.54) is 9.75 Å². The molecule has 0 fully saturated rings. The molecule has 1 unspecified atom stereocenters. The van der Waals surface area contributed by atoms with Gasteiger partial charge in [0.25, 0.3) is 0 Å². The first-order valence-electron chi connectivity index (χ1n) is 5.02. The van der Waals surface area contributed by atoms with Crippen molar-refractivity contribution in [3.05, 3.63) is 20.8 Å². The molecule has 2 N–H and O–H groups in total. The van der Waals surface area contributed by atoms with Gasteiger partial charge < -0.3 is 5.73 Å². The van der Waals surface area contributed by atoms with Crippen molar-refractivity contribution in [2.75, 3.05) is 6.54 Å². The second kappa shape index (κ2) is 5.15. The maximum atomic E-state index is 6.19. The van der Waals surface area contributed by atoms with Gasteiger partial charge in [-0.05, 0) is 37.8 Å². The second-order valence-electron chi connectivity index (χ2n) is 4.00. The summed E-state index contributed by atoms with van der Waals surface area (Å²) in [6, 6.07) is 2.05. The molecule has 14 heavy (non-hydrogen) atoms. The van der Waals surface area contributed by atoms with Crippen molar-refractivity contribution in [3.63, 3.8) is 0 Å². The molecule has 1 atom stereocenters. The molecule has 1 nitrogen and oxygen atoms in total. The Labute approximate surface area is 95.3 Å². The summed E-state index contributed by atoms with van der Waals surface area (Å²) in [5, 5.41) is 0.916. The molecule has 0 bridgehead atoms. The topological polar surface area (TPSA) is 26.0 Å². The molecule has 1 heterocycles. The SMILES string of the molecule is Cc1cc(Cl)c(C(CCN)C(C)C)s1. The Bertz CT molecular complexity index is 293. The third kappa shape index (κ3) is 2.72. The average molecular weight is 232 g/mol. The van der Waals surface area contributed by atoms with Crippen LogP contribution in [0.2, 0.25) is 5.02 Å². The van der Waals surface area contributed by atoms with Crippen LogP contribution < -0.4 is 5.73 Å². The van der Waals surface area contributed by atoms with Crippen LogP contribution in [0, 0.1) is 12.8 Å². The molecule has 0 amide bonds. The van der Waals surface area contributed by atoms with Gasteiger partial charge in [-0.15, -0.1) is 11.3 Å². The first kappa shape index (κ1) is 12.0. The Hall–Kier alpha value is -0.0500. The standard InChI is InChI=1S/C11H18ClNS/c1-7(2)9(4-5-13)11-10(12)6-8(3)14-11/h6-7,9H,4-5,13H2,1-3H3. The molecule has 0 spiro atoms. The molecule has 0 aliphatic heterocycles. The van der Waals surface area contributed by atoms with E-state index in [4.69, 9.17) is 17.3 Å². The third-order valence-electron chi connectivity index (χ3n) is 2.46. The molecule has 0 saturated heterocycles. The second-order valence-corrected chi connectivity index (χ2v) is 5.69. The van der Waals surface area contributed by atoms with Gasteiger partial charge in [0, 0.05) is 9.75 Å². The third-order valence-corrected chi connectivity index (χ3v) is 4.06. The van der Waals surface area contributed by atoms with E-state index in [1.807, 2.05) is 6.07 Å². The van der Waals surface area contributed by atoms with Gasteiger partial charge in [-0.2, -0.15) is 0 Å². The minimum atomic E-state index is 0.520. The summed E-state index contributed by atoms with van der Waals surface area (Å²) in [4.78, 5) is 2.59. The molecule has 80 valence electrons. The number of hydrogen-bond acceptors (Lipinski definition) is 2. The van der Waals surface area contributed by atoms with E-state index in [2.05, 4.69) is 20.8 Å². The van der Waals surface area contributed by atoms with Crippen molar-refractivity contribution in [1.29, 1.82) is 0 Å². The normalized spacial score (nSPS) is 13.6. The zero-order chi connectivity index (χ0) is 10.7. The summed E-state index contributed by atoms with van der Waals surface area (Å²) >= 11 is 7.99. The van der Waals surface area contributed by atoms with Crippen molar-refractivity contribution in [2.24, 2.45) is 11.7 Å². The minimum absolute atomic E-state index is 0.520. The van der Waals surface area contributed by atoms with Gasteiger partial charge in [-0.25, -0.2) is 0 Å². The van der Waals surface area contributed by atoms with Crippen LogP contribution in [0.4, 0.5) is 0 Å². The summed E-state index contributed by atoms with van der Waals surface area (Å²) in [6.45, 7) is 7.29. The zero-order valence-electron chi connectivity index (χ0n) is 9.01. The average Bonchev–Trinajstić information content (AvgIpc) is 2.40. The molecule has 1 aromatic heterocycles. The van der Waals surface area contributed by atoms with Crippen LogP contribution in [0.5, 0.6) is 0 Å². The number of aryl methyl sites for hydroxylation is 1. The molecule has 0 aliphatic carbocycles. The van der Waals surface area contributed by atoms with Crippen LogP contribution in [-0.2, 0) is 0 Å². The number of hydrogen-bond donors (Lipinski definition) is 1. The van der Waals surface area contributed by atoms with E-state index >= 15 is 0 Å². The number of thiophene rings is 1. The summed E-state index contributed by atoms with van der Waals surface area (Å²) < 4.78 is 0. The van der Waals surface area contributed by atoms with E-state index in [1.54, 1.807) is 11.3 Å². The van der Waals surface area contributed by atoms with Crippen molar-refractivity contribution >= 4 is 22.9 Å². The zero-order valence-corrected chi connectivity index (χ0v) is 10.6. The molecule has 1 rings (SSSR count). The fourth-order valence-corrected chi connectivity index (χ4v) is 3.41. The van der Waals surface area contributed by atoms with Gasteiger partial charge >= 0.3 is 0 Å². The maximum absolute atomic E-state index is 6.19. The highest BCUT2D eigenvalue weighted by Crippen LogP contribution is 2.38. The van der Waals surface area contributed by atoms with Crippen LogP contribution >= 0.6 is 22.9 Å². The van der Waals surface area contributed by atoms with E-state index in [9.17, 15) is 0 Å². The summed E-state index contributed by atoms with van der Waals surface area (Å²) in [5.41, 5.74) is 5.62. The highest BCUT2D eigenvalue weighted by Gasteiger charge is 2.19. The van der Waals surface area contributed by atoms with Crippen LogP contribution in [-0.4, -0.2) is 6.54 Å². The van der Waals surface area contributed by atoms with Gasteiger partial charge in [-0.3, -0.25) is 0 Å². The van der Waals surface area contributed by atoms with Crippen LogP contribution in [0.25, 0.3) is 0 Å². The lowest BCUT2D eigenvalue weighted by molar-refractivity contribution is 0.480. The Kier molecular flexibility index (Phi) is 4.42. The smallest absolute Gasteiger partial charge is 0.0550 e. The van der Waals surface area contributed by atoms with Crippen molar-refractivity contribution in [3.8, 4) is 0 Å². The Morgan fingerprint density at radius 2 is 2.14 bits per heavy atom. The highest BCUT2D eigenvalue weighted by atomic mass is 35.5. The lowest BCUT2D eigenvalue weighted by atomic mass is 9.91. The quantitative estimate of drug-likeness (QED) is 0.838. The van der Waals surface area contributed by atoms with Crippen molar-refractivity contribution < 1.29 is 0 Å². The Morgan fingerprint density at radius 3 is 2.50 bits per heavy atom. The van der Waals surface area contributed by atoms with Crippen molar-refractivity contribution in [2.45, 2.75) is 33.1 Å².